The van der Waals surface area contributed by atoms with Crippen LogP contribution < -0.4 is 15.1 Å². The second kappa shape index (κ2) is 8.72. The molecule has 39 heavy (non-hydrogen) atoms. The third kappa shape index (κ3) is 3.26. The van der Waals surface area contributed by atoms with E-state index in [4.69, 9.17) is 4.74 Å². The smallest absolute Gasteiger partial charge is 0.253 e. The molecule has 0 saturated carbocycles. The number of carbonyl (C=O) groups is 4. The lowest BCUT2D eigenvalue weighted by molar-refractivity contribution is -0.136. The van der Waals surface area contributed by atoms with Crippen LogP contribution in [0.2, 0.25) is 0 Å². The van der Waals surface area contributed by atoms with Gasteiger partial charge in [-0.2, -0.15) is 0 Å². The molecule has 198 valence electrons. The molecule has 0 bridgehead atoms. The Hall–Kier alpha value is -4.08. The van der Waals surface area contributed by atoms with Crippen molar-refractivity contribution in [1.29, 1.82) is 0 Å². The molecule has 4 atom stereocenters. The van der Waals surface area contributed by atoms with Gasteiger partial charge in [0.1, 0.15) is 12.1 Å². The number of ether oxygens (including phenoxy) is 1. The number of para-hydroxylation sites is 1. The summed E-state index contributed by atoms with van der Waals surface area (Å²) in [6.45, 7) is 3.58. The number of morpholine rings is 1. The van der Waals surface area contributed by atoms with Crippen molar-refractivity contribution < 1.29 is 23.9 Å². The maximum Gasteiger partial charge on any atom is 0.253 e. The molecule has 7 rings (SSSR count). The predicted molar refractivity (Wildman–Crippen MR) is 144 cm³/mol. The van der Waals surface area contributed by atoms with Crippen LogP contribution in [0.4, 0.5) is 11.4 Å². The zero-order valence-electron chi connectivity index (χ0n) is 21.5. The lowest BCUT2D eigenvalue weighted by Gasteiger charge is -2.31. The second-order valence-electron chi connectivity index (χ2n) is 10.7. The van der Waals surface area contributed by atoms with Crippen LogP contribution >= 0.6 is 0 Å². The molecular weight excluding hydrogens is 496 g/mol. The first-order valence-corrected chi connectivity index (χ1v) is 13.3. The van der Waals surface area contributed by atoms with Crippen LogP contribution in [0, 0.1) is 11.8 Å². The average molecular weight is 525 g/mol. The van der Waals surface area contributed by atoms with Gasteiger partial charge in [-0.25, -0.2) is 4.90 Å². The Balaban J connectivity index is 1.31. The fourth-order valence-corrected chi connectivity index (χ4v) is 6.95. The number of hydrogen-bond acceptors (Lipinski definition) is 6. The standard InChI is InChI=1S/C30H28N4O5/c1-18-25-26(28(37)34(27(25)36)22-12-6-8-19-7-2-3-9-20(19)22)30(31-18)21-10-4-5-11-23(21)33(29(30)38)17-24(35)32-13-15-39-16-14-32/h2-12,18,25-26,31H,13-17H2,1H3. The van der Waals surface area contributed by atoms with Crippen molar-refractivity contribution in [3.05, 3.63) is 72.3 Å². The summed E-state index contributed by atoms with van der Waals surface area (Å²) in [6.07, 6.45) is 0. The molecule has 3 aromatic carbocycles. The van der Waals surface area contributed by atoms with E-state index in [0.717, 1.165) is 10.8 Å². The number of amides is 4. The van der Waals surface area contributed by atoms with Crippen molar-refractivity contribution in [3.63, 3.8) is 0 Å². The van der Waals surface area contributed by atoms with Gasteiger partial charge in [-0.15, -0.1) is 0 Å². The monoisotopic (exact) mass is 524 g/mol. The summed E-state index contributed by atoms with van der Waals surface area (Å²) in [5.74, 6) is -2.91. The van der Waals surface area contributed by atoms with Crippen LogP contribution in [0.1, 0.15) is 12.5 Å². The van der Waals surface area contributed by atoms with Gasteiger partial charge in [0.15, 0.2) is 0 Å². The number of carbonyl (C=O) groups excluding carboxylic acids is 4. The number of benzene rings is 3. The number of nitrogens with zero attached hydrogens (tertiary/aromatic N) is 3. The summed E-state index contributed by atoms with van der Waals surface area (Å²) >= 11 is 0. The lowest BCUT2D eigenvalue weighted by atomic mass is 9.76. The van der Waals surface area contributed by atoms with E-state index in [1.54, 1.807) is 17.0 Å². The summed E-state index contributed by atoms with van der Waals surface area (Å²) in [4.78, 5) is 60.3. The Kier molecular flexibility index (Phi) is 5.37. The van der Waals surface area contributed by atoms with Gasteiger partial charge in [-0.1, -0.05) is 54.6 Å². The first kappa shape index (κ1) is 24.0. The molecule has 9 nitrogen and oxygen atoms in total. The summed E-state index contributed by atoms with van der Waals surface area (Å²) in [6, 6.07) is 20.0. The van der Waals surface area contributed by atoms with Gasteiger partial charge >= 0.3 is 0 Å². The first-order chi connectivity index (χ1) is 18.9. The van der Waals surface area contributed by atoms with E-state index in [2.05, 4.69) is 5.32 Å². The van der Waals surface area contributed by atoms with Crippen molar-refractivity contribution in [1.82, 2.24) is 10.2 Å². The fraction of sp³-hybridized carbons (Fsp3) is 0.333. The van der Waals surface area contributed by atoms with E-state index in [0.29, 0.717) is 43.2 Å². The number of fused-ring (bicyclic) bond motifs is 5. The third-order valence-electron chi connectivity index (χ3n) is 8.68. The molecule has 4 heterocycles. The highest BCUT2D eigenvalue weighted by molar-refractivity contribution is 6.28. The Morgan fingerprint density at radius 1 is 0.923 bits per heavy atom. The van der Waals surface area contributed by atoms with Crippen molar-refractivity contribution in [2.45, 2.75) is 18.5 Å². The molecule has 0 aromatic heterocycles. The molecule has 0 radical (unpaired) electrons. The maximum absolute atomic E-state index is 14.4. The second-order valence-corrected chi connectivity index (χ2v) is 10.7. The van der Waals surface area contributed by atoms with E-state index in [1.165, 1.54) is 9.80 Å². The highest BCUT2D eigenvalue weighted by Gasteiger charge is 2.71. The Bertz CT molecular complexity index is 1540. The van der Waals surface area contributed by atoms with Crippen molar-refractivity contribution in [2.24, 2.45) is 11.8 Å². The summed E-state index contributed by atoms with van der Waals surface area (Å²) in [7, 11) is 0. The van der Waals surface area contributed by atoms with Gasteiger partial charge in [0.2, 0.25) is 17.7 Å². The quantitative estimate of drug-likeness (QED) is 0.527. The number of anilines is 2. The molecule has 4 unspecified atom stereocenters. The Morgan fingerprint density at radius 3 is 2.44 bits per heavy atom. The molecule has 1 N–H and O–H groups in total. The number of imide groups is 1. The SMILES string of the molecule is CC1NC2(C(=O)N(CC(=O)N3CCOCC3)c3ccccc32)C2C(=O)N(c3cccc4ccccc34)C(=O)C12. The number of hydrogen-bond donors (Lipinski definition) is 1. The molecule has 0 aliphatic carbocycles. The van der Waals surface area contributed by atoms with Gasteiger partial charge in [-0.3, -0.25) is 24.5 Å². The normalized spacial score (nSPS) is 28.1. The largest absolute Gasteiger partial charge is 0.378 e. The summed E-state index contributed by atoms with van der Waals surface area (Å²) < 4.78 is 5.37. The number of nitrogens with one attached hydrogen (secondary N) is 1. The Labute approximate surface area is 225 Å². The number of rotatable bonds is 3. The minimum absolute atomic E-state index is 0.139. The van der Waals surface area contributed by atoms with Crippen LogP contribution in [-0.4, -0.2) is 67.4 Å². The zero-order valence-corrected chi connectivity index (χ0v) is 21.5. The zero-order chi connectivity index (χ0) is 26.9. The van der Waals surface area contributed by atoms with Crippen molar-refractivity contribution in [3.8, 4) is 0 Å². The van der Waals surface area contributed by atoms with Gasteiger partial charge in [0, 0.05) is 35.8 Å². The molecule has 9 heteroatoms. The molecule has 4 aliphatic rings. The van der Waals surface area contributed by atoms with Crippen molar-refractivity contribution in [2.75, 3.05) is 42.6 Å². The summed E-state index contributed by atoms with van der Waals surface area (Å²) in [5.41, 5.74) is 0.314. The van der Waals surface area contributed by atoms with E-state index in [1.807, 2.05) is 61.5 Å². The topological polar surface area (TPSA) is 99.3 Å². The first-order valence-electron chi connectivity index (χ1n) is 13.3. The Morgan fingerprint density at radius 2 is 1.62 bits per heavy atom. The molecule has 3 saturated heterocycles. The molecule has 3 aromatic rings. The third-order valence-corrected chi connectivity index (χ3v) is 8.68. The van der Waals surface area contributed by atoms with Crippen LogP contribution in [0.25, 0.3) is 10.8 Å². The molecule has 3 fully saturated rings. The van der Waals surface area contributed by atoms with E-state index >= 15 is 0 Å². The van der Waals surface area contributed by atoms with Gasteiger partial charge in [0.25, 0.3) is 5.91 Å². The van der Waals surface area contributed by atoms with Gasteiger partial charge in [-0.05, 0) is 24.4 Å². The molecular formula is C30H28N4O5. The van der Waals surface area contributed by atoms with Gasteiger partial charge < -0.3 is 14.5 Å². The van der Waals surface area contributed by atoms with Crippen LogP contribution in [0.3, 0.4) is 0 Å². The minimum Gasteiger partial charge on any atom is -0.378 e. The highest BCUT2D eigenvalue weighted by Crippen LogP contribution is 2.55. The summed E-state index contributed by atoms with van der Waals surface area (Å²) in [5, 5.41) is 5.10. The fourth-order valence-electron chi connectivity index (χ4n) is 6.95. The van der Waals surface area contributed by atoms with Crippen LogP contribution in [0.15, 0.2) is 66.7 Å². The van der Waals surface area contributed by atoms with E-state index in [9.17, 15) is 19.2 Å². The van der Waals surface area contributed by atoms with Crippen LogP contribution in [-0.2, 0) is 29.5 Å². The van der Waals surface area contributed by atoms with Gasteiger partial charge in [0.05, 0.1) is 30.7 Å². The maximum atomic E-state index is 14.4. The molecule has 4 amide bonds. The van der Waals surface area contributed by atoms with E-state index < -0.39 is 29.3 Å². The molecule has 1 spiro atoms. The van der Waals surface area contributed by atoms with Crippen molar-refractivity contribution >= 4 is 45.8 Å². The van der Waals surface area contributed by atoms with E-state index in [-0.39, 0.29) is 24.3 Å². The predicted octanol–water partition coefficient (Wildman–Crippen LogP) is 2.04. The average Bonchev–Trinajstić information content (AvgIpc) is 3.51. The molecule has 4 aliphatic heterocycles. The van der Waals surface area contributed by atoms with Crippen LogP contribution in [0.5, 0.6) is 0 Å². The lowest BCUT2D eigenvalue weighted by Crippen LogP contribution is -2.56. The minimum atomic E-state index is -1.43. The highest BCUT2D eigenvalue weighted by atomic mass is 16.5.